The molecule has 1 N–H and O–H groups in total. The average molecular weight is 235 g/mol. The molecule has 1 saturated heterocycles. The minimum atomic E-state index is -0.287. The van der Waals surface area contributed by atoms with Crippen LogP contribution in [0.25, 0.3) is 0 Å². The van der Waals surface area contributed by atoms with E-state index in [0.29, 0.717) is 5.75 Å². The first kappa shape index (κ1) is 12.4. The van der Waals surface area contributed by atoms with Crippen molar-refractivity contribution < 1.29 is 9.84 Å². The fourth-order valence-corrected chi connectivity index (χ4v) is 2.75. The molecule has 1 aromatic carbocycles. The van der Waals surface area contributed by atoms with Gasteiger partial charge in [-0.2, -0.15) is 0 Å². The van der Waals surface area contributed by atoms with Gasteiger partial charge in [0.05, 0.1) is 6.10 Å². The van der Waals surface area contributed by atoms with Crippen LogP contribution in [-0.2, 0) is 10.3 Å². The second-order valence-corrected chi connectivity index (χ2v) is 5.02. The molecule has 17 heavy (non-hydrogen) atoms. The number of hydrogen-bond acceptors (Lipinski definition) is 3. The lowest BCUT2D eigenvalue weighted by Gasteiger charge is -2.44. The van der Waals surface area contributed by atoms with Crippen LogP contribution in [-0.4, -0.2) is 36.2 Å². The third kappa shape index (κ3) is 2.45. The van der Waals surface area contributed by atoms with Crippen LogP contribution in [0, 0.1) is 0 Å². The van der Waals surface area contributed by atoms with Crippen LogP contribution >= 0.6 is 0 Å². The number of aromatic hydroxyl groups is 1. The standard InChI is InChI=1S/C14H21NO2/c1-4-14(10-15(3)9-11(2)17-14)12-6-5-7-13(16)8-12/h5-8,11,16H,4,9-10H2,1-3H3/t11-,14+/m1/s1. The minimum absolute atomic E-state index is 0.219. The van der Waals surface area contributed by atoms with Gasteiger partial charge in [-0.05, 0) is 38.1 Å². The molecular weight excluding hydrogens is 214 g/mol. The number of rotatable bonds is 2. The number of hydrogen-bond donors (Lipinski definition) is 1. The summed E-state index contributed by atoms with van der Waals surface area (Å²) in [6.45, 7) is 6.07. The van der Waals surface area contributed by atoms with Crippen molar-refractivity contribution in [2.45, 2.75) is 32.0 Å². The minimum Gasteiger partial charge on any atom is -0.508 e. The Morgan fingerprint density at radius 3 is 2.88 bits per heavy atom. The molecule has 1 aliphatic rings. The maximum Gasteiger partial charge on any atom is 0.115 e. The molecule has 94 valence electrons. The maximum absolute atomic E-state index is 9.62. The van der Waals surface area contributed by atoms with E-state index in [2.05, 4.69) is 25.8 Å². The topological polar surface area (TPSA) is 32.7 Å². The van der Waals surface area contributed by atoms with Crippen LogP contribution in [0.4, 0.5) is 0 Å². The second-order valence-electron chi connectivity index (χ2n) is 5.02. The summed E-state index contributed by atoms with van der Waals surface area (Å²) in [5.74, 6) is 0.305. The van der Waals surface area contributed by atoms with E-state index in [1.165, 1.54) is 0 Å². The number of nitrogens with zero attached hydrogens (tertiary/aromatic N) is 1. The number of phenols is 1. The zero-order valence-corrected chi connectivity index (χ0v) is 10.8. The fourth-order valence-electron chi connectivity index (χ4n) is 2.75. The third-order valence-corrected chi connectivity index (χ3v) is 3.46. The molecule has 1 aromatic rings. The zero-order chi connectivity index (χ0) is 12.5. The Morgan fingerprint density at radius 2 is 2.29 bits per heavy atom. The number of phenolic OH excluding ortho intramolecular Hbond substituents is 1. The van der Waals surface area contributed by atoms with Crippen molar-refractivity contribution in [3.63, 3.8) is 0 Å². The summed E-state index contributed by atoms with van der Waals surface area (Å²) in [6.07, 6.45) is 1.13. The lowest BCUT2D eigenvalue weighted by molar-refractivity contribution is -0.151. The molecule has 0 radical (unpaired) electrons. The van der Waals surface area contributed by atoms with Crippen molar-refractivity contribution in [3.05, 3.63) is 29.8 Å². The van der Waals surface area contributed by atoms with Crippen LogP contribution in [0.3, 0.4) is 0 Å². The van der Waals surface area contributed by atoms with Crippen LogP contribution in [0.15, 0.2) is 24.3 Å². The van der Waals surface area contributed by atoms with E-state index in [-0.39, 0.29) is 11.7 Å². The Labute approximate surface area is 103 Å². The molecule has 0 aromatic heterocycles. The van der Waals surface area contributed by atoms with Gasteiger partial charge in [0, 0.05) is 13.1 Å². The first-order valence-corrected chi connectivity index (χ1v) is 6.21. The molecular formula is C14H21NO2. The molecule has 0 bridgehead atoms. The normalized spacial score (nSPS) is 30.4. The third-order valence-electron chi connectivity index (χ3n) is 3.46. The Bertz CT molecular complexity index is 382. The average Bonchev–Trinajstić information content (AvgIpc) is 2.27. The Balaban J connectivity index is 2.36. The quantitative estimate of drug-likeness (QED) is 0.854. The van der Waals surface area contributed by atoms with Crippen LogP contribution < -0.4 is 0 Å². The summed E-state index contributed by atoms with van der Waals surface area (Å²) in [5.41, 5.74) is 0.781. The van der Waals surface area contributed by atoms with E-state index in [9.17, 15) is 5.11 Å². The molecule has 0 aliphatic carbocycles. The Morgan fingerprint density at radius 1 is 1.53 bits per heavy atom. The van der Waals surface area contributed by atoms with Gasteiger partial charge >= 0.3 is 0 Å². The molecule has 2 atom stereocenters. The number of benzene rings is 1. The number of likely N-dealkylation sites (N-methyl/N-ethyl adjacent to an activating group) is 1. The largest absolute Gasteiger partial charge is 0.508 e. The number of morpholine rings is 1. The lowest BCUT2D eigenvalue weighted by Crippen LogP contribution is -2.51. The van der Waals surface area contributed by atoms with E-state index < -0.39 is 0 Å². The van der Waals surface area contributed by atoms with E-state index >= 15 is 0 Å². The monoisotopic (exact) mass is 235 g/mol. The first-order chi connectivity index (χ1) is 8.05. The fraction of sp³-hybridized carbons (Fsp3) is 0.571. The van der Waals surface area contributed by atoms with Crippen molar-refractivity contribution in [3.8, 4) is 5.75 Å². The SMILES string of the molecule is CC[C@@]1(c2cccc(O)c2)CN(C)C[C@@H](C)O1. The highest BCUT2D eigenvalue weighted by Gasteiger charge is 2.38. The lowest BCUT2D eigenvalue weighted by atomic mass is 9.88. The Hall–Kier alpha value is -1.06. The van der Waals surface area contributed by atoms with Gasteiger partial charge in [0.15, 0.2) is 0 Å². The van der Waals surface area contributed by atoms with Crippen LogP contribution in [0.5, 0.6) is 5.75 Å². The first-order valence-electron chi connectivity index (χ1n) is 6.21. The van der Waals surface area contributed by atoms with E-state index in [1.807, 2.05) is 18.2 Å². The summed E-state index contributed by atoms with van der Waals surface area (Å²) in [4.78, 5) is 2.29. The predicted molar refractivity (Wildman–Crippen MR) is 68.1 cm³/mol. The molecule has 3 nitrogen and oxygen atoms in total. The van der Waals surface area contributed by atoms with Gasteiger partial charge in [-0.3, -0.25) is 0 Å². The van der Waals surface area contributed by atoms with Crippen molar-refractivity contribution >= 4 is 0 Å². The summed E-state index contributed by atoms with van der Waals surface area (Å²) in [6, 6.07) is 7.43. The molecule has 1 aliphatic heterocycles. The van der Waals surface area contributed by atoms with E-state index in [0.717, 1.165) is 25.1 Å². The molecule has 2 rings (SSSR count). The smallest absolute Gasteiger partial charge is 0.115 e. The van der Waals surface area contributed by atoms with Gasteiger partial charge in [0.25, 0.3) is 0 Å². The molecule has 0 amide bonds. The highest BCUT2D eigenvalue weighted by atomic mass is 16.5. The van der Waals surface area contributed by atoms with Gasteiger partial charge in [0.2, 0.25) is 0 Å². The van der Waals surface area contributed by atoms with Gasteiger partial charge in [-0.15, -0.1) is 0 Å². The number of ether oxygens (including phenoxy) is 1. The summed E-state index contributed by atoms with van der Waals surface area (Å²) < 4.78 is 6.18. The highest BCUT2D eigenvalue weighted by Crippen LogP contribution is 2.35. The van der Waals surface area contributed by atoms with Crippen molar-refractivity contribution in [1.29, 1.82) is 0 Å². The van der Waals surface area contributed by atoms with Crippen molar-refractivity contribution in [1.82, 2.24) is 4.90 Å². The zero-order valence-electron chi connectivity index (χ0n) is 10.8. The predicted octanol–water partition coefficient (Wildman–Crippen LogP) is 2.35. The summed E-state index contributed by atoms with van der Waals surface area (Å²) >= 11 is 0. The molecule has 3 heteroatoms. The van der Waals surface area contributed by atoms with Gasteiger partial charge in [-0.1, -0.05) is 19.1 Å². The van der Waals surface area contributed by atoms with E-state index in [1.54, 1.807) is 6.07 Å². The highest BCUT2D eigenvalue weighted by molar-refractivity contribution is 5.32. The summed E-state index contributed by atoms with van der Waals surface area (Å²) in [7, 11) is 2.12. The molecule has 0 unspecified atom stereocenters. The van der Waals surface area contributed by atoms with Crippen molar-refractivity contribution in [2.24, 2.45) is 0 Å². The molecule has 1 heterocycles. The van der Waals surface area contributed by atoms with Gasteiger partial charge < -0.3 is 14.7 Å². The molecule has 1 fully saturated rings. The second kappa shape index (κ2) is 4.67. The van der Waals surface area contributed by atoms with Crippen LogP contribution in [0.1, 0.15) is 25.8 Å². The van der Waals surface area contributed by atoms with Crippen LogP contribution in [0.2, 0.25) is 0 Å². The maximum atomic E-state index is 9.62. The van der Waals surface area contributed by atoms with Gasteiger partial charge in [-0.25, -0.2) is 0 Å². The van der Waals surface area contributed by atoms with E-state index in [4.69, 9.17) is 4.74 Å². The molecule has 0 spiro atoms. The molecule has 0 saturated carbocycles. The Kier molecular flexibility index (Phi) is 3.40. The van der Waals surface area contributed by atoms with Crippen molar-refractivity contribution in [2.75, 3.05) is 20.1 Å². The summed E-state index contributed by atoms with van der Waals surface area (Å²) in [5, 5.41) is 9.62. The van der Waals surface area contributed by atoms with Gasteiger partial charge in [0.1, 0.15) is 11.4 Å².